The molecule has 0 aromatic rings. The van der Waals surface area contributed by atoms with Crippen LogP contribution in [0.5, 0.6) is 0 Å². The van der Waals surface area contributed by atoms with E-state index >= 15 is 0 Å². The van der Waals surface area contributed by atoms with Crippen molar-refractivity contribution in [3.8, 4) is 0 Å². The van der Waals surface area contributed by atoms with E-state index in [1.165, 1.54) is 5.57 Å². The SMILES string of the molecule is O=CCCC1=CC=CCC1. The molecule has 0 radical (unpaired) electrons. The Hall–Kier alpha value is -0.850. The van der Waals surface area contributed by atoms with Crippen LogP contribution in [0.25, 0.3) is 0 Å². The monoisotopic (exact) mass is 136 g/mol. The Bertz CT molecular complexity index is 166. The number of aldehydes is 1. The molecule has 1 aliphatic rings. The van der Waals surface area contributed by atoms with Crippen LogP contribution in [0.3, 0.4) is 0 Å². The summed E-state index contributed by atoms with van der Waals surface area (Å²) in [5, 5.41) is 0. The zero-order valence-electron chi connectivity index (χ0n) is 6.05. The van der Waals surface area contributed by atoms with E-state index in [-0.39, 0.29) is 0 Å². The van der Waals surface area contributed by atoms with Crippen molar-refractivity contribution < 1.29 is 4.79 Å². The summed E-state index contributed by atoms with van der Waals surface area (Å²) in [7, 11) is 0. The summed E-state index contributed by atoms with van der Waals surface area (Å²) in [6.45, 7) is 0. The van der Waals surface area contributed by atoms with E-state index in [0.29, 0.717) is 6.42 Å². The number of rotatable bonds is 3. The van der Waals surface area contributed by atoms with Crippen molar-refractivity contribution in [3.05, 3.63) is 23.8 Å². The molecule has 0 N–H and O–H groups in total. The van der Waals surface area contributed by atoms with Crippen molar-refractivity contribution in [2.45, 2.75) is 25.7 Å². The van der Waals surface area contributed by atoms with E-state index in [1.54, 1.807) is 0 Å². The van der Waals surface area contributed by atoms with Gasteiger partial charge in [0.25, 0.3) is 0 Å². The summed E-state index contributed by atoms with van der Waals surface area (Å²) in [6.07, 6.45) is 11.3. The topological polar surface area (TPSA) is 17.1 Å². The Morgan fingerprint density at radius 2 is 2.50 bits per heavy atom. The molecule has 1 nitrogen and oxygen atoms in total. The van der Waals surface area contributed by atoms with Gasteiger partial charge in [-0.2, -0.15) is 0 Å². The van der Waals surface area contributed by atoms with Crippen LogP contribution in [0.15, 0.2) is 23.8 Å². The Kier molecular flexibility index (Phi) is 2.94. The lowest BCUT2D eigenvalue weighted by Gasteiger charge is -2.05. The summed E-state index contributed by atoms with van der Waals surface area (Å²) in [5.74, 6) is 0. The van der Waals surface area contributed by atoms with Crippen LogP contribution in [0.4, 0.5) is 0 Å². The lowest BCUT2D eigenvalue weighted by molar-refractivity contribution is -0.107. The summed E-state index contributed by atoms with van der Waals surface area (Å²) >= 11 is 0. The van der Waals surface area contributed by atoms with Gasteiger partial charge < -0.3 is 4.79 Å². The van der Waals surface area contributed by atoms with Gasteiger partial charge in [0.05, 0.1) is 0 Å². The highest BCUT2D eigenvalue weighted by atomic mass is 16.1. The van der Waals surface area contributed by atoms with Gasteiger partial charge in [0.1, 0.15) is 6.29 Å². The van der Waals surface area contributed by atoms with Crippen molar-refractivity contribution in [2.24, 2.45) is 0 Å². The molecule has 1 rings (SSSR count). The van der Waals surface area contributed by atoms with Crippen LogP contribution >= 0.6 is 0 Å². The highest BCUT2D eigenvalue weighted by molar-refractivity contribution is 5.50. The third-order valence-corrected chi connectivity index (χ3v) is 1.68. The first-order chi connectivity index (χ1) is 4.93. The normalized spacial score (nSPS) is 16.6. The predicted molar refractivity (Wildman–Crippen MR) is 41.8 cm³/mol. The maximum atomic E-state index is 10.0. The van der Waals surface area contributed by atoms with E-state index in [4.69, 9.17) is 0 Å². The maximum absolute atomic E-state index is 10.0. The molecule has 0 heterocycles. The van der Waals surface area contributed by atoms with Crippen LogP contribution in [0.1, 0.15) is 25.7 Å². The molecule has 0 saturated carbocycles. The van der Waals surface area contributed by atoms with Crippen LogP contribution in [-0.4, -0.2) is 6.29 Å². The Morgan fingerprint density at radius 3 is 3.10 bits per heavy atom. The fourth-order valence-electron chi connectivity index (χ4n) is 1.11. The number of hydrogen-bond acceptors (Lipinski definition) is 1. The molecule has 10 heavy (non-hydrogen) atoms. The lowest BCUT2D eigenvalue weighted by Crippen LogP contribution is -1.87. The Labute approximate surface area is 61.4 Å². The third-order valence-electron chi connectivity index (χ3n) is 1.68. The predicted octanol–water partition coefficient (Wildman–Crippen LogP) is 2.24. The molecule has 0 atom stereocenters. The number of hydrogen-bond donors (Lipinski definition) is 0. The quantitative estimate of drug-likeness (QED) is 0.544. The summed E-state index contributed by atoms with van der Waals surface area (Å²) in [5.41, 5.74) is 1.41. The fraction of sp³-hybridized carbons (Fsp3) is 0.444. The second-order valence-electron chi connectivity index (χ2n) is 2.50. The first kappa shape index (κ1) is 7.26. The van der Waals surface area contributed by atoms with E-state index in [2.05, 4.69) is 18.2 Å². The molecule has 0 saturated heterocycles. The minimum Gasteiger partial charge on any atom is -0.303 e. The van der Waals surface area contributed by atoms with E-state index < -0.39 is 0 Å². The van der Waals surface area contributed by atoms with Gasteiger partial charge in [0.15, 0.2) is 0 Å². The van der Waals surface area contributed by atoms with Crippen molar-refractivity contribution in [1.82, 2.24) is 0 Å². The van der Waals surface area contributed by atoms with Gasteiger partial charge in [-0.25, -0.2) is 0 Å². The summed E-state index contributed by atoms with van der Waals surface area (Å²) in [4.78, 5) is 10.0. The van der Waals surface area contributed by atoms with E-state index in [9.17, 15) is 4.79 Å². The highest BCUT2D eigenvalue weighted by Crippen LogP contribution is 2.15. The minimum absolute atomic E-state index is 0.680. The van der Waals surface area contributed by atoms with Crippen molar-refractivity contribution in [2.75, 3.05) is 0 Å². The van der Waals surface area contributed by atoms with Crippen LogP contribution in [-0.2, 0) is 4.79 Å². The molecular formula is C9H12O. The molecule has 0 unspecified atom stereocenters. The molecule has 0 aromatic carbocycles. The molecule has 0 spiro atoms. The van der Waals surface area contributed by atoms with Crippen molar-refractivity contribution in [1.29, 1.82) is 0 Å². The van der Waals surface area contributed by atoms with E-state index in [0.717, 1.165) is 25.5 Å². The fourth-order valence-corrected chi connectivity index (χ4v) is 1.11. The smallest absolute Gasteiger partial charge is 0.120 e. The summed E-state index contributed by atoms with van der Waals surface area (Å²) < 4.78 is 0. The average molecular weight is 136 g/mol. The molecule has 0 aromatic heterocycles. The number of allylic oxidation sites excluding steroid dienone is 4. The molecule has 0 aliphatic heterocycles. The van der Waals surface area contributed by atoms with E-state index in [1.807, 2.05) is 0 Å². The Balaban J connectivity index is 2.32. The highest BCUT2D eigenvalue weighted by Gasteiger charge is 1.97. The summed E-state index contributed by atoms with van der Waals surface area (Å²) in [6, 6.07) is 0. The zero-order valence-corrected chi connectivity index (χ0v) is 6.05. The molecule has 1 heteroatoms. The molecule has 0 fully saturated rings. The van der Waals surface area contributed by atoms with Gasteiger partial charge in [-0.3, -0.25) is 0 Å². The van der Waals surface area contributed by atoms with Crippen LogP contribution in [0.2, 0.25) is 0 Å². The second-order valence-corrected chi connectivity index (χ2v) is 2.50. The molecule has 1 aliphatic carbocycles. The number of carbonyl (C=O) groups is 1. The van der Waals surface area contributed by atoms with Gasteiger partial charge in [-0.15, -0.1) is 0 Å². The third kappa shape index (κ3) is 2.18. The zero-order chi connectivity index (χ0) is 7.23. The second kappa shape index (κ2) is 4.04. The number of carbonyl (C=O) groups excluding carboxylic acids is 1. The molecular weight excluding hydrogens is 124 g/mol. The molecule has 54 valence electrons. The van der Waals surface area contributed by atoms with Gasteiger partial charge in [0.2, 0.25) is 0 Å². The Morgan fingerprint density at radius 1 is 1.60 bits per heavy atom. The van der Waals surface area contributed by atoms with Gasteiger partial charge in [-0.1, -0.05) is 23.8 Å². The van der Waals surface area contributed by atoms with Gasteiger partial charge >= 0.3 is 0 Å². The standard InChI is InChI=1S/C9H12O/c10-8-4-7-9-5-2-1-3-6-9/h1-2,5,8H,3-4,6-7H2. The van der Waals surface area contributed by atoms with Crippen molar-refractivity contribution in [3.63, 3.8) is 0 Å². The molecule has 0 amide bonds. The van der Waals surface area contributed by atoms with Crippen LogP contribution < -0.4 is 0 Å². The minimum atomic E-state index is 0.680. The largest absolute Gasteiger partial charge is 0.303 e. The maximum Gasteiger partial charge on any atom is 0.120 e. The van der Waals surface area contributed by atoms with Gasteiger partial charge in [0, 0.05) is 6.42 Å². The average Bonchev–Trinajstić information content (AvgIpc) is 2.03. The molecule has 0 bridgehead atoms. The van der Waals surface area contributed by atoms with Crippen LogP contribution in [0, 0.1) is 0 Å². The first-order valence-electron chi connectivity index (χ1n) is 3.71. The van der Waals surface area contributed by atoms with Gasteiger partial charge in [-0.05, 0) is 19.3 Å². The lowest BCUT2D eigenvalue weighted by atomic mass is 10.0. The van der Waals surface area contributed by atoms with Crippen molar-refractivity contribution >= 4 is 6.29 Å². The first-order valence-corrected chi connectivity index (χ1v) is 3.71.